The van der Waals surface area contributed by atoms with E-state index in [4.69, 9.17) is 15.9 Å². The van der Waals surface area contributed by atoms with Crippen LogP contribution in [0.5, 0.6) is 0 Å². The van der Waals surface area contributed by atoms with Gasteiger partial charge < -0.3 is 15.9 Å². The number of unbranched alkanes of at least 4 members (excludes halogenated alkanes) is 42. The van der Waals surface area contributed by atoms with E-state index in [9.17, 15) is 9.59 Å². The van der Waals surface area contributed by atoms with Crippen molar-refractivity contribution in [3.8, 4) is 0 Å². The zero-order valence-electron chi connectivity index (χ0n) is 37.5. The molecule has 0 spiro atoms. The standard InChI is InChI=1S/C45H88O4.C5H13N/c46-44(47)42-40-38-36-34-32-30-28-26-24-22-20-18-16-14-12-10-8-6-4-2-1-3-5-7-9-11-13-15-17-19-21-23-25-27-29-31-33-35-37-39-41-43-45(48)49;1-2-3-4-5-6/h1-43H2,(H,46,47)(H,48,49);2-6H2,1H3. The maximum atomic E-state index is 10.5. The summed E-state index contributed by atoms with van der Waals surface area (Å²) >= 11 is 0. The van der Waals surface area contributed by atoms with Crippen LogP contribution in [0.2, 0.25) is 0 Å². The highest BCUT2D eigenvalue weighted by atomic mass is 16.4. The third kappa shape index (κ3) is 59.7. The number of hydrogen-bond acceptors (Lipinski definition) is 3. The molecule has 4 N–H and O–H groups in total. The van der Waals surface area contributed by atoms with Crippen molar-refractivity contribution in [3.05, 3.63) is 0 Å². The van der Waals surface area contributed by atoms with Crippen LogP contribution >= 0.6 is 0 Å². The molecule has 0 atom stereocenters. The van der Waals surface area contributed by atoms with E-state index in [1.165, 1.54) is 257 Å². The summed E-state index contributed by atoms with van der Waals surface area (Å²) in [5.74, 6) is -1.30. The van der Waals surface area contributed by atoms with Gasteiger partial charge in [0.15, 0.2) is 0 Å². The van der Waals surface area contributed by atoms with E-state index >= 15 is 0 Å². The van der Waals surface area contributed by atoms with Crippen LogP contribution < -0.4 is 5.73 Å². The number of hydrogen-bond donors (Lipinski definition) is 3. The van der Waals surface area contributed by atoms with Crippen LogP contribution in [0.25, 0.3) is 0 Å². The van der Waals surface area contributed by atoms with Crippen LogP contribution in [-0.4, -0.2) is 28.7 Å². The quantitative estimate of drug-likeness (QED) is 0.0534. The first-order valence-electron chi connectivity index (χ1n) is 25.2. The first kappa shape index (κ1) is 56.0. The molecule has 5 nitrogen and oxygen atoms in total. The molecule has 330 valence electrons. The number of carbonyl (C=O) groups is 2. The molecule has 0 aromatic carbocycles. The van der Waals surface area contributed by atoms with Gasteiger partial charge in [0.2, 0.25) is 0 Å². The smallest absolute Gasteiger partial charge is 0.303 e. The summed E-state index contributed by atoms with van der Waals surface area (Å²) in [6.07, 6.45) is 60.6. The maximum absolute atomic E-state index is 10.5. The monoisotopic (exact) mass is 780 g/mol. The van der Waals surface area contributed by atoms with Crippen LogP contribution in [0, 0.1) is 0 Å². The van der Waals surface area contributed by atoms with Crippen LogP contribution in [0.1, 0.15) is 302 Å². The minimum Gasteiger partial charge on any atom is -0.481 e. The van der Waals surface area contributed by atoms with Crippen molar-refractivity contribution in [1.29, 1.82) is 0 Å². The second-order valence-electron chi connectivity index (χ2n) is 17.3. The lowest BCUT2D eigenvalue weighted by molar-refractivity contribution is -0.138. The Morgan fingerprint density at radius 3 is 0.509 bits per heavy atom. The second kappa shape index (κ2) is 52.9. The van der Waals surface area contributed by atoms with Gasteiger partial charge >= 0.3 is 11.9 Å². The molecule has 0 aliphatic carbocycles. The minimum atomic E-state index is -0.651. The van der Waals surface area contributed by atoms with E-state index in [2.05, 4.69) is 6.92 Å². The molecule has 0 aliphatic heterocycles. The van der Waals surface area contributed by atoms with Gasteiger partial charge in [-0.2, -0.15) is 0 Å². The van der Waals surface area contributed by atoms with Crippen LogP contribution in [-0.2, 0) is 9.59 Å². The zero-order chi connectivity index (χ0) is 40.4. The molecule has 0 fully saturated rings. The van der Waals surface area contributed by atoms with Gasteiger partial charge in [0, 0.05) is 12.8 Å². The van der Waals surface area contributed by atoms with Crippen molar-refractivity contribution in [1.82, 2.24) is 0 Å². The first-order chi connectivity index (χ1) is 27.0. The minimum absolute atomic E-state index is 0.342. The van der Waals surface area contributed by atoms with Gasteiger partial charge in [-0.25, -0.2) is 0 Å². The number of aliphatic carboxylic acids is 2. The average Bonchev–Trinajstić information content (AvgIpc) is 3.17. The lowest BCUT2D eigenvalue weighted by atomic mass is 10.0. The fraction of sp³-hybridized carbons (Fsp3) is 0.960. The Kier molecular flexibility index (Phi) is 53.9. The molecule has 0 amide bonds. The Morgan fingerprint density at radius 2 is 0.418 bits per heavy atom. The third-order valence-electron chi connectivity index (χ3n) is 11.6. The first-order valence-corrected chi connectivity index (χ1v) is 25.2. The molecule has 0 aliphatic rings. The summed E-state index contributed by atoms with van der Waals surface area (Å²) < 4.78 is 0. The normalized spacial score (nSPS) is 11.2. The lowest BCUT2D eigenvalue weighted by Crippen LogP contribution is -1.96. The van der Waals surface area contributed by atoms with E-state index in [-0.39, 0.29) is 0 Å². The Bertz CT molecular complexity index is 656. The average molecular weight is 780 g/mol. The number of carboxylic acids is 2. The van der Waals surface area contributed by atoms with Crippen molar-refractivity contribution in [2.75, 3.05) is 6.54 Å². The molecule has 0 heterocycles. The van der Waals surface area contributed by atoms with E-state index in [1.54, 1.807) is 0 Å². The lowest BCUT2D eigenvalue weighted by Gasteiger charge is -2.05. The van der Waals surface area contributed by atoms with Crippen molar-refractivity contribution in [3.63, 3.8) is 0 Å². The molecular formula is C50H101NO4. The molecule has 0 bridgehead atoms. The summed E-state index contributed by atoms with van der Waals surface area (Å²) in [5.41, 5.74) is 5.21. The summed E-state index contributed by atoms with van der Waals surface area (Å²) in [5, 5.41) is 17.3. The summed E-state index contributed by atoms with van der Waals surface area (Å²) in [6, 6.07) is 0. The van der Waals surface area contributed by atoms with Crippen LogP contribution in [0.3, 0.4) is 0 Å². The highest BCUT2D eigenvalue weighted by Crippen LogP contribution is 2.18. The molecule has 0 unspecified atom stereocenters. The molecule has 0 aromatic heterocycles. The van der Waals surface area contributed by atoms with Gasteiger partial charge in [-0.15, -0.1) is 0 Å². The molecular weight excluding hydrogens is 679 g/mol. The van der Waals surface area contributed by atoms with Crippen molar-refractivity contribution in [2.45, 2.75) is 302 Å². The molecule has 0 saturated heterocycles. The topological polar surface area (TPSA) is 101 Å². The summed E-state index contributed by atoms with van der Waals surface area (Å²) in [7, 11) is 0. The van der Waals surface area contributed by atoms with Gasteiger partial charge in [-0.1, -0.05) is 270 Å². The van der Waals surface area contributed by atoms with Gasteiger partial charge in [-0.05, 0) is 25.8 Å². The maximum Gasteiger partial charge on any atom is 0.303 e. The fourth-order valence-electron chi connectivity index (χ4n) is 7.84. The van der Waals surface area contributed by atoms with Gasteiger partial charge in [-0.3, -0.25) is 9.59 Å². The Morgan fingerprint density at radius 1 is 0.273 bits per heavy atom. The molecule has 0 aromatic rings. The summed E-state index contributed by atoms with van der Waals surface area (Å²) in [6.45, 7) is 3.03. The molecule has 0 saturated carbocycles. The third-order valence-corrected chi connectivity index (χ3v) is 11.6. The van der Waals surface area contributed by atoms with E-state index in [0.29, 0.717) is 12.8 Å². The Labute approximate surface area is 345 Å². The summed E-state index contributed by atoms with van der Waals surface area (Å²) in [4.78, 5) is 21.0. The van der Waals surface area contributed by atoms with Crippen molar-refractivity contribution < 1.29 is 19.8 Å². The molecule has 0 radical (unpaired) electrons. The van der Waals surface area contributed by atoms with E-state index < -0.39 is 11.9 Å². The predicted molar refractivity (Wildman–Crippen MR) is 242 cm³/mol. The van der Waals surface area contributed by atoms with Gasteiger partial charge in [0.1, 0.15) is 0 Å². The largest absolute Gasteiger partial charge is 0.481 e. The van der Waals surface area contributed by atoms with E-state index in [0.717, 1.165) is 32.2 Å². The van der Waals surface area contributed by atoms with Gasteiger partial charge in [0.05, 0.1) is 0 Å². The van der Waals surface area contributed by atoms with Crippen molar-refractivity contribution >= 4 is 11.9 Å². The predicted octanol–water partition coefficient (Wildman–Crippen LogP) is 17.1. The van der Waals surface area contributed by atoms with Crippen molar-refractivity contribution in [2.24, 2.45) is 5.73 Å². The fourth-order valence-corrected chi connectivity index (χ4v) is 7.84. The Balaban J connectivity index is 0. The van der Waals surface area contributed by atoms with Crippen LogP contribution in [0.4, 0.5) is 0 Å². The highest BCUT2D eigenvalue weighted by Gasteiger charge is 2.00. The molecule has 55 heavy (non-hydrogen) atoms. The molecule has 5 heteroatoms. The number of nitrogens with two attached hydrogens (primary N) is 1. The zero-order valence-corrected chi connectivity index (χ0v) is 37.5. The molecule has 0 rings (SSSR count). The SMILES string of the molecule is CCCCCN.O=C(O)CCCCCCCCCCCCCCCCCCCCCCCCCCCCCCCCCCCCCCCCCCCC(=O)O. The van der Waals surface area contributed by atoms with Crippen LogP contribution in [0.15, 0.2) is 0 Å². The van der Waals surface area contributed by atoms with E-state index in [1.807, 2.05) is 0 Å². The second-order valence-corrected chi connectivity index (χ2v) is 17.3. The number of rotatable bonds is 47. The van der Waals surface area contributed by atoms with Gasteiger partial charge in [0.25, 0.3) is 0 Å². The Hall–Kier alpha value is -1.10. The highest BCUT2D eigenvalue weighted by molar-refractivity contribution is 5.66. The number of carboxylic acid groups (broad SMARTS) is 2.